The maximum absolute atomic E-state index is 5.95. The van der Waals surface area contributed by atoms with E-state index in [0.29, 0.717) is 6.04 Å². The van der Waals surface area contributed by atoms with Gasteiger partial charge in [-0.1, -0.05) is 23.7 Å². The Morgan fingerprint density at radius 3 is 2.42 bits per heavy atom. The van der Waals surface area contributed by atoms with Crippen molar-refractivity contribution in [3.8, 4) is 0 Å². The summed E-state index contributed by atoms with van der Waals surface area (Å²) in [5.41, 5.74) is 5.45. The van der Waals surface area contributed by atoms with Crippen LogP contribution in [0.2, 0.25) is 4.34 Å². The summed E-state index contributed by atoms with van der Waals surface area (Å²) in [6, 6.07) is 8.95. The van der Waals surface area contributed by atoms with Gasteiger partial charge in [0.25, 0.3) is 0 Å². The molecule has 0 radical (unpaired) electrons. The minimum Gasteiger partial charge on any atom is -0.305 e. The number of nitrogens with one attached hydrogen (secondary N) is 1. The van der Waals surface area contributed by atoms with Gasteiger partial charge >= 0.3 is 0 Å². The summed E-state index contributed by atoms with van der Waals surface area (Å²) in [6.45, 7) is 9.60. The number of halogens is 1. The molecule has 1 aromatic carbocycles. The van der Waals surface area contributed by atoms with Crippen LogP contribution in [0, 0.1) is 20.8 Å². The lowest BCUT2D eigenvalue weighted by molar-refractivity contribution is 0.576. The number of hydrogen-bond donors (Lipinski definition) is 1. The molecule has 0 saturated heterocycles. The molecule has 1 heterocycles. The van der Waals surface area contributed by atoms with Crippen LogP contribution in [0.3, 0.4) is 0 Å². The van der Waals surface area contributed by atoms with E-state index in [1.54, 1.807) is 11.3 Å². The number of aryl methyl sites for hydroxylation is 3. The summed E-state index contributed by atoms with van der Waals surface area (Å²) in [4.78, 5) is 1.28. The van der Waals surface area contributed by atoms with Gasteiger partial charge in [0.1, 0.15) is 0 Å². The van der Waals surface area contributed by atoms with Gasteiger partial charge in [0.05, 0.1) is 4.34 Å². The van der Waals surface area contributed by atoms with Gasteiger partial charge < -0.3 is 5.32 Å². The van der Waals surface area contributed by atoms with Gasteiger partial charge in [0, 0.05) is 17.5 Å². The third-order valence-electron chi connectivity index (χ3n) is 3.56. The lowest BCUT2D eigenvalue weighted by Crippen LogP contribution is -2.18. The Hall–Kier alpha value is -0.830. The topological polar surface area (TPSA) is 12.0 Å². The number of thiophene rings is 1. The van der Waals surface area contributed by atoms with E-state index >= 15 is 0 Å². The molecule has 19 heavy (non-hydrogen) atoms. The standard InChI is InChI=1S/C16H20ClNS/c1-10-7-12(3)15(8-11(10)2)13(4)18-9-14-5-6-16(17)19-14/h5-8,13,18H,9H2,1-4H3. The van der Waals surface area contributed by atoms with Crippen LogP contribution in [0.1, 0.15) is 40.1 Å². The quantitative estimate of drug-likeness (QED) is 0.819. The average Bonchev–Trinajstić information content (AvgIpc) is 2.77. The molecule has 1 aromatic heterocycles. The molecule has 0 aliphatic heterocycles. The highest BCUT2D eigenvalue weighted by Crippen LogP contribution is 2.24. The molecular weight excluding hydrogens is 274 g/mol. The maximum Gasteiger partial charge on any atom is 0.0931 e. The van der Waals surface area contributed by atoms with Crippen LogP contribution in [0.5, 0.6) is 0 Å². The summed E-state index contributed by atoms with van der Waals surface area (Å²) in [7, 11) is 0. The Labute approximate surface area is 124 Å². The Morgan fingerprint density at radius 1 is 1.11 bits per heavy atom. The number of hydrogen-bond acceptors (Lipinski definition) is 2. The highest BCUT2D eigenvalue weighted by molar-refractivity contribution is 7.16. The van der Waals surface area contributed by atoms with Crippen LogP contribution < -0.4 is 5.32 Å². The van der Waals surface area contributed by atoms with Crippen molar-refractivity contribution in [2.24, 2.45) is 0 Å². The SMILES string of the molecule is Cc1cc(C)c(C(C)NCc2ccc(Cl)s2)cc1C. The summed E-state index contributed by atoms with van der Waals surface area (Å²) >= 11 is 7.58. The number of rotatable bonds is 4. The Morgan fingerprint density at radius 2 is 1.79 bits per heavy atom. The minimum absolute atomic E-state index is 0.347. The second-order valence-corrected chi connectivity index (χ2v) is 6.90. The highest BCUT2D eigenvalue weighted by Gasteiger charge is 2.10. The first-order chi connectivity index (χ1) is 8.97. The van der Waals surface area contributed by atoms with E-state index in [2.05, 4.69) is 51.2 Å². The van der Waals surface area contributed by atoms with Crippen molar-refractivity contribution in [2.75, 3.05) is 0 Å². The molecule has 1 N–H and O–H groups in total. The molecule has 0 saturated carbocycles. The van der Waals surface area contributed by atoms with Gasteiger partial charge in [-0.25, -0.2) is 0 Å². The summed E-state index contributed by atoms with van der Waals surface area (Å²) in [5, 5.41) is 3.57. The second kappa shape index (κ2) is 6.08. The molecule has 1 unspecified atom stereocenters. The van der Waals surface area contributed by atoms with E-state index in [-0.39, 0.29) is 0 Å². The van der Waals surface area contributed by atoms with E-state index in [0.717, 1.165) is 10.9 Å². The first-order valence-corrected chi connectivity index (χ1v) is 7.72. The minimum atomic E-state index is 0.347. The van der Waals surface area contributed by atoms with Crippen molar-refractivity contribution in [3.05, 3.63) is 55.7 Å². The van der Waals surface area contributed by atoms with E-state index < -0.39 is 0 Å². The van der Waals surface area contributed by atoms with Gasteiger partial charge in [0.15, 0.2) is 0 Å². The smallest absolute Gasteiger partial charge is 0.0931 e. The van der Waals surface area contributed by atoms with Crippen LogP contribution in [0.15, 0.2) is 24.3 Å². The molecule has 3 heteroatoms. The summed E-state index contributed by atoms with van der Waals surface area (Å²) in [5.74, 6) is 0. The zero-order chi connectivity index (χ0) is 14.0. The fourth-order valence-electron chi connectivity index (χ4n) is 2.26. The van der Waals surface area contributed by atoms with Crippen LogP contribution in [-0.2, 0) is 6.54 Å². The zero-order valence-electron chi connectivity index (χ0n) is 11.9. The van der Waals surface area contributed by atoms with Crippen LogP contribution in [0.4, 0.5) is 0 Å². The molecule has 102 valence electrons. The molecule has 1 atom stereocenters. The number of benzene rings is 1. The molecule has 2 rings (SSSR count). The molecule has 0 aliphatic carbocycles. The lowest BCUT2D eigenvalue weighted by Gasteiger charge is -2.18. The Kier molecular flexibility index (Phi) is 4.67. The van der Waals surface area contributed by atoms with Crippen LogP contribution >= 0.6 is 22.9 Å². The van der Waals surface area contributed by atoms with Gasteiger partial charge in [-0.05, 0) is 62.1 Å². The first kappa shape index (κ1) is 14.6. The van der Waals surface area contributed by atoms with Crippen molar-refractivity contribution < 1.29 is 0 Å². The van der Waals surface area contributed by atoms with E-state index in [1.165, 1.54) is 27.1 Å². The molecule has 0 fully saturated rings. The van der Waals surface area contributed by atoms with E-state index in [4.69, 9.17) is 11.6 Å². The normalized spacial score (nSPS) is 12.7. The van der Waals surface area contributed by atoms with E-state index in [1.807, 2.05) is 6.07 Å². The van der Waals surface area contributed by atoms with Gasteiger partial charge in [-0.2, -0.15) is 0 Å². The van der Waals surface area contributed by atoms with Gasteiger partial charge in [-0.3, -0.25) is 0 Å². The molecule has 0 spiro atoms. The monoisotopic (exact) mass is 293 g/mol. The average molecular weight is 294 g/mol. The molecule has 0 bridgehead atoms. The van der Waals surface area contributed by atoms with Crippen LogP contribution in [-0.4, -0.2) is 0 Å². The highest BCUT2D eigenvalue weighted by atomic mass is 35.5. The predicted molar refractivity (Wildman–Crippen MR) is 85.2 cm³/mol. The van der Waals surface area contributed by atoms with Crippen molar-refractivity contribution in [2.45, 2.75) is 40.3 Å². The van der Waals surface area contributed by atoms with Crippen molar-refractivity contribution in [3.63, 3.8) is 0 Å². The molecule has 2 aromatic rings. The lowest BCUT2D eigenvalue weighted by atomic mass is 9.96. The Balaban J connectivity index is 2.07. The largest absolute Gasteiger partial charge is 0.305 e. The third kappa shape index (κ3) is 3.59. The van der Waals surface area contributed by atoms with Gasteiger partial charge in [-0.15, -0.1) is 11.3 Å². The maximum atomic E-state index is 5.95. The summed E-state index contributed by atoms with van der Waals surface area (Å²) in [6.07, 6.45) is 0. The predicted octanol–water partition coefficient (Wildman–Crippen LogP) is 5.18. The molecular formula is C16H20ClNS. The summed E-state index contributed by atoms with van der Waals surface area (Å²) < 4.78 is 0.854. The first-order valence-electron chi connectivity index (χ1n) is 6.52. The fourth-order valence-corrected chi connectivity index (χ4v) is 3.30. The van der Waals surface area contributed by atoms with E-state index in [9.17, 15) is 0 Å². The van der Waals surface area contributed by atoms with Crippen molar-refractivity contribution in [1.29, 1.82) is 0 Å². The van der Waals surface area contributed by atoms with Gasteiger partial charge in [0.2, 0.25) is 0 Å². The molecule has 0 amide bonds. The Bertz CT molecular complexity index is 574. The molecule has 1 nitrogen and oxygen atoms in total. The third-order valence-corrected chi connectivity index (χ3v) is 4.79. The second-order valence-electron chi connectivity index (χ2n) is 5.10. The van der Waals surface area contributed by atoms with Crippen molar-refractivity contribution in [1.82, 2.24) is 5.32 Å². The van der Waals surface area contributed by atoms with Crippen LogP contribution in [0.25, 0.3) is 0 Å². The molecule has 0 aliphatic rings. The van der Waals surface area contributed by atoms with Crippen molar-refractivity contribution >= 4 is 22.9 Å². The fraction of sp³-hybridized carbons (Fsp3) is 0.375. The zero-order valence-corrected chi connectivity index (χ0v) is 13.5.